The van der Waals surface area contributed by atoms with Gasteiger partial charge in [-0.3, -0.25) is 19.2 Å². The number of ether oxygens (including phenoxy) is 2. The first-order valence-corrected chi connectivity index (χ1v) is 15.5. The standard InChI is InChI=1S/C32H28N2O6S4/c35-25-14-15-26(36)33(25)31(29(41)42,39-19-21-8-3-1-4-9-21)23-12-7-13-24(18-23)32(30(43)44,34-27(37)16-17-28(34)38)40-20-22-10-5-2-6-11-22/h1-13,18H,14-17,19-20H2,(H,41,42)(H,43,44). The molecular formula is C32H28N2O6S4. The van der Waals surface area contributed by atoms with E-state index < -0.39 is 35.1 Å². The summed E-state index contributed by atoms with van der Waals surface area (Å²) < 4.78 is 12.7. The summed E-state index contributed by atoms with van der Waals surface area (Å²) in [5.41, 5.74) is -1.80. The van der Waals surface area contributed by atoms with Crippen LogP contribution in [0.3, 0.4) is 0 Å². The number of amides is 4. The smallest absolute Gasteiger partial charge is 0.232 e. The zero-order valence-corrected chi connectivity index (χ0v) is 26.8. The lowest BCUT2D eigenvalue weighted by molar-refractivity contribution is -0.167. The van der Waals surface area contributed by atoms with E-state index in [4.69, 9.17) is 33.9 Å². The third-order valence-corrected chi connectivity index (χ3v) is 8.70. The highest BCUT2D eigenvalue weighted by Gasteiger charge is 2.54. The van der Waals surface area contributed by atoms with Crippen LogP contribution in [-0.2, 0) is 53.3 Å². The van der Waals surface area contributed by atoms with Crippen LogP contribution in [0.1, 0.15) is 47.9 Å². The highest BCUT2D eigenvalue weighted by molar-refractivity contribution is 8.11. The van der Waals surface area contributed by atoms with Crippen molar-refractivity contribution in [2.45, 2.75) is 50.3 Å². The highest BCUT2D eigenvalue weighted by atomic mass is 32.1. The van der Waals surface area contributed by atoms with Crippen LogP contribution in [0.5, 0.6) is 0 Å². The number of rotatable bonds is 12. The van der Waals surface area contributed by atoms with Crippen molar-refractivity contribution >= 4 is 81.7 Å². The van der Waals surface area contributed by atoms with Gasteiger partial charge in [0, 0.05) is 36.8 Å². The number of benzene rings is 3. The Kier molecular flexibility index (Phi) is 9.78. The molecule has 0 spiro atoms. The molecule has 2 aliphatic heterocycles. The van der Waals surface area contributed by atoms with Crippen molar-refractivity contribution in [1.82, 2.24) is 9.80 Å². The lowest BCUT2D eigenvalue weighted by Gasteiger charge is -2.42. The summed E-state index contributed by atoms with van der Waals surface area (Å²) in [6.07, 6.45) is -0.0834. The third kappa shape index (κ3) is 5.90. The first kappa shape index (κ1) is 32.1. The predicted molar refractivity (Wildman–Crippen MR) is 178 cm³/mol. The molecule has 5 rings (SSSR count). The Balaban J connectivity index is 1.69. The predicted octanol–water partition coefficient (Wildman–Crippen LogP) is 5.24. The molecule has 2 fully saturated rings. The van der Waals surface area contributed by atoms with Crippen molar-refractivity contribution in [2.24, 2.45) is 0 Å². The Morgan fingerprint density at radius 2 is 0.932 bits per heavy atom. The Labute approximate surface area is 276 Å². The molecule has 0 radical (unpaired) electrons. The van der Waals surface area contributed by atoms with Gasteiger partial charge in [-0.15, -0.1) is 25.3 Å². The fraction of sp³-hybridized carbons (Fsp3) is 0.250. The lowest BCUT2D eigenvalue weighted by atomic mass is 9.94. The Bertz CT molecular complexity index is 1490. The van der Waals surface area contributed by atoms with Gasteiger partial charge in [0.05, 0.1) is 13.2 Å². The number of carbonyl (C=O) groups is 4. The molecule has 2 aliphatic rings. The summed E-state index contributed by atoms with van der Waals surface area (Å²) in [5, 5.41) is 0. The van der Waals surface area contributed by atoms with Gasteiger partial charge in [-0.1, -0.05) is 103 Å². The summed E-state index contributed by atoms with van der Waals surface area (Å²) in [6.45, 7) is -0.0426. The molecule has 226 valence electrons. The Morgan fingerprint density at radius 3 is 1.25 bits per heavy atom. The summed E-state index contributed by atoms with van der Waals surface area (Å²) >= 11 is 20.3. The zero-order valence-electron chi connectivity index (χ0n) is 23.4. The van der Waals surface area contributed by atoms with Crippen molar-refractivity contribution < 1.29 is 28.7 Å². The number of hydrogen-bond acceptors (Lipinski definition) is 8. The molecule has 12 heteroatoms. The van der Waals surface area contributed by atoms with E-state index in [-0.39, 0.29) is 58.4 Å². The maximum atomic E-state index is 13.2. The molecule has 2 saturated heterocycles. The average Bonchev–Trinajstić information content (AvgIpc) is 3.54. The minimum Gasteiger partial charge on any atom is -0.341 e. The normalized spacial score (nSPS) is 18.0. The summed E-state index contributed by atoms with van der Waals surface area (Å²) in [6, 6.07) is 24.9. The second-order valence-electron chi connectivity index (χ2n) is 10.3. The summed E-state index contributed by atoms with van der Waals surface area (Å²) in [4.78, 5) is 55.0. The first-order valence-electron chi connectivity index (χ1n) is 13.8. The minimum atomic E-state index is -1.92. The number of likely N-dealkylation sites (tertiary alicyclic amines) is 2. The van der Waals surface area contributed by atoms with Gasteiger partial charge < -0.3 is 9.47 Å². The van der Waals surface area contributed by atoms with Crippen LogP contribution in [0.15, 0.2) is 84.9 Å². The van der Waals surface area contributed by atoms with E-state index in [0.29, 0.717) is 0 Å². The van der Waals surface area contributed by atoms with E-state index in [1.54, 1.807) is 24.3 Å². The molecule has 3 aromatic rings. The average molecular weight is 665 g/mol. The van der Waals surface area contributed by atoms with E-state index >= 15 is 0 Å². The quantitative estimate of drug-likeness (QED) is 0.154. The molecule has 0 aromatic heterocycles. The summed E-state index contributed by atoms with van der Waals surface area (Å²) in [5.74, 6) is -1.92. The van der Waals surface area contributed by atoms with Gasteiger partial charge in [0.1, 0.15) is 8.39 Å². The number of imide groups is 2. The number of nitrogens with zero attached hydrogens (tertiary/aromatic N) is 2. The second kappa shape index (κ2) is 13.4. The van der Waals surface area contributed by atoms with Gasteiger partial charge in [-0.25, -0.2) is 9.80 Å². The largest absolute Gasteiger partial charge is 0.341 e. The van der Waals surface area contributed by atoms with Crippen molar-refractivity contribution in [1.29, 1.82) is 0 Å². The topological polar surface area (TPSA) is 93.2 Å². The molecule has 0 N–H and O–H groups in total. The first-order chi connectivity index (χ1) is 21.1. The van der Waals surface area contributed by atoms with Gasteiger partial charge >= 0.3 is 0 Å². The van der Waals surface area contributed by atoms with E-state index in [0.717, 1.165) is 20.9 Å². The van der Waals surface area contributed by atoms with Gasteiger partial charge in [0.2, 0.25) is 35.1 Å². The second-order valence-corrected chi connectivity index (χ2v) is 12.6. The SMILES string of the molecule is O=C1CCC(=O)N1C(OCc1ccccc1)(C(=S)S)c1cccc(C(OCc2ccccc2)(C(=S)S)N2C(=O)CCC2=O)c1. The summed E-state index contributed by atoms with van der Waals surface area (Å²) in [7, 11) is 0. The number of thiol groups is 2. The molecule has 0 bridgehead atoms. The lowest BCUT2D eigenvalue weighted by Crippen LogP contribution is -2.56. The van der Waals surface area contributed by atoms with Crippen LogP contribution in [0.25, 0.3) is 0 Å². The van der Waals surface area contributed by atoms with Crippen LogP contribution in [0.4, 0.5) is 0 Å². The van der Waals surface area contributed by atoms with Crippen LogP contribution in [0, 0.1) is 0 Å². The Hall–Kier alpha value is -3.26. The molecular weight excluding hydrogens is 637 g/mol. The van der Waals surface area contributed by atoms with Crippen molar-refractivity contribution in [3.8, 4) is 0 Å². The van der Waals surface area contributed by atoms with Crippen LogP contribution < -0.4 is 0 Å². The molecule has 2 atom stereocenters. The number of thiocarbonyl (C=S) groups is 2. The molecule has 8 nitrogen and oxygen atoms in total. The van der Waals surface area contributed by atoms with Crippen LogP contribution in [-0.4, -0.2) is 41.8 Å². The van der Waals surface area contributed by atoms with Crippen molar-refractivity contribution in [3.63, 3.8) is 0 Å². The van der Waals surface area contributed by atoms with E-state index in [9.17, 15) is 19.2 Å². The molecule has 3 aromatic carbocycles. The van der Waals surface area contributed by atoms with Gasteiger partial charge in [0.25, 0.3) is 0 Å². The highest BCUT2D eigenvalue weighted by Crippen LogP contribution is 2.43. The maximum Gasteiger partial charge on any atom is 0.232 e. The monoisotopic (exact) mass is 664 g/mol. The number of carbonyl (C=O) groups excluding carboxylic acids is 4. The molecule has 44 heavy (non-hydrogen) atoms. The number of hydrogen-bond donors (Lipinski definition) is 2. The molecule has 0 saturated carbocycles. The van der Waals surface area contributed by atoms with E-state index in [2.05, 4.69) is 25.3 Å². The third-order valence-electron chi connectivity index (χ3n) is 7.54. The minimum absolute atomic E-state index is 0.0208. The van der Waals surface area contributed by atoms with E-state index in [1.807, 2.05) is 60.7 Å². The molecule has 2 heterocycles. The fourth-order valence-electron chi connectivity index (χ4n) is 5.44. The van der Waals surface area contributed by atoms with Crippen molar-refractivity contribution in [2.75, 3.05) is 0 Å². The Morgan fingerprint density at radius 1 is 0.591 bits per heavy atom. The maximum absolute atomic E-state index is 13.2. The molecule has 4 amide bonds. The molecule has 0 aliphatic carbocycles. The van der Waals surface area contributed by atoms with Gasteiger partial charge in [0.15, 0.2) is 0 Å². The van der Waals surface area contributed by atoms with Crippen LogP contribution in [0.2, 0.25) is 0 Å². The van der Waals surface area contributed by atoms with Crippen molar-refractivity contribution in [3.05, 3.63) is 107 Å². The van der Waals surface area contributed by atoms with Gasteiger partial charge in [-0.2, -0.15) is 0 Å². The van der Waals surface area contributed by atoms with Crippen LogP contribution >= 0.6 is 49.7 Å². The molecule has 2 unspecified atom stereocenters. The van der Waals surface area contributed by atoms with E-state index in [1.165, 1.54) is 0 Å². The van der Waals surface area contributed by atoms with Gasteiger partial charge in [-0.05, 0) is 17.2 Å². The zero-order chi connectivity index (χ0) is 31.5. The fourth-order valence-corrected chi connectivity index (χ4v) is 6.56.